The third-order valence-electron chi connectivity index (χ3n) is 22.0. The zero-order chi connectivity index (χ0) is 59.8. The standard InChI is InChI=1S/C57H88O25/c1-25-37(78-47-41(66)56(71,21-58)23-74-47)38(79-48-42(67)57(72,22-59)24-75-48)36(65)45(76-25)81-40-32(61)28(60)20-73-46(40)82-49(70)55-17-15-50(2,3)19-27(55)26-9-10-30-52(6)13-12-31(77-44-35(64)33(62)34(63)39(80-44)43(68)69)51(4,5)29(52)11-14-54(30,8)53(26,7)16-18-55/h9,16,18,25,27-42,44-48,58-67,71-72H,10-15,17,19-24H2,1-8H3,(H,68,69). The first kappa shape index (κ1) is 62.6. The lowest BCUT2D eigenvalue weighted by Crippen LogP contribution is -2.66. The number of ether oxygens (including phenoxy) is 10. The van der Waals surface area contributed by atoms with E-state index < -0.39 is 189 Å². The van der Waals surface area contributed by atoms with E-state index in [1.54, 1.807) is 0 Å². The van der Waals surface area contributed by atoms with Gasteiger partial charge in [0.05, 0.1) is 50.7 Å². The van der Waals surface area contributed by atoms with Gasteiger partial charge in [-0.3, -0.25) is 4.79 Å². The Bertz CT molecular complexity index is 2420. The van der Waals surface area contributed by atoms with Crippen molar-refractivity contribution in [3.63, 3.8) is 0 Å². The number of carbonyl (C=O) groups is 2. The minimum atomic E-state index is -2.16. The molecule has 5 heterocycles. The van der Waals surface area contributed by atoms with Crippen molar-refractivity contribution in [1.82, 2.24) is 0 Å². The van der Waals surface area contributed by atoms with Gasteiger partial charge in [-0.2, -0.15) is 0 Å². The third kappa shape index (κ3) is 9.97. The van der Waals surface area contributed by atoms with Crippen LogP contribution < -0.4 is 0 Å². The van der Waals surface area contributed by atoms with Gasteiger partial charge in [0.25, 0.3) is 0 Å². The predicted octanol–water partition coefficient (Wildman–Crippen LogP) is -1.39. The molecule has 5 aliphatic carbocycles. The highest BCUT2D eigenvalue weighted by Crippen LogP contribution is 2.75. The van der Waals surface area contributed by atoms with Crippen molar-refractivity contribution in [2.45, 2.75) is 235 Å². The number of aliphatic hydroxyl groups is 12. The number of hydrogen-bond donors (Lipinski definition) is 13. The van der Waals surface area contributed by atoms with Gasteiger partial charge in [-0.05, 0) is 91.8 Å². The van der Waals surface area contributed by atoms with Crippen LogP contribution in [0.4, 0.5) is 0 Å². The Balaban J connectivity index is 0.891. The molecule has 5 saturated heterocycles. The maximum atomic E-state index is 15.4. The highest BCUT2D eigenvalue weighted by Gasteiger charge is 2.69. The van der Waals surface area contributed by atoms with Crippen LogP contribution in [-0.4, -0.2) is 239 Å². The molecular formula is C57H88O25. The van der Waals surface area contributed by atoms with E-state index in [0.29, 0.717) is 32.1 Å². The Labute approximate surface area is 476 Å². The van der Waals surface area contributed by atoms with Gasteiger partial charge in [0, 0.05) is 11.3 Å². The fraction of sp³-hybridized carbons (Fsp3) is 0.895. The first-order valence-electron chi connectivity index (χ1n) is 29.0. The van der Waals surface area contributed by atoms with Crippen molar-refractivity contribution in [2.24, 2.45) is 50.2 Å². The highest BCUT2D eigenvalue weighted by atomic mass is 16.8. The van der Waals surface area contributed by atoms with Crippen molar-refractivity contribution in [2.75, 3.05) is 33.0 Å². The number of aliphatic hydroxyl groups excluding tert-OH is 10. The van der Waals surface area contributed by atoms with Crippen LogP contribution in [0.5, 0.6) is 0 Å². The largest absolute Gasteiger partial charge is 0.479 e. The van der Waals surface area contributed by atoms with Gasteiger partial charge in [-0.1, -0.05) is 72.3 Å². The van der Waals surface area contributed by atoms with Gasteiger partial charge in [-0.25, -0.2) is 4.79 Å². The van der Waals surface area contributed by atoms with E-state index in [2.05, 4.69) is 60.6 Å². The Kier molecular flexibility index (Phi) is 16.8. The maximum absolute atomic E-state index is 15.4. The SMILES string of the molecule is CC1OC(OC2C(OC(=O)C34C=CC5(C)C(=CCC6C7(C)CCC(OC8OC(C(=O)O)C(O)C(O)C8O)C(C)(C)C7CCC65C)C3CC(C)(C)CC4)OCC(O)C2O)C(O)C(OC2OCC(O)(CO)C2O)C1OC1OCC(O)(CO)C1O. The van der Waals surface area contributed by atoms with Gasteiger partial charge in [0.1, 0.15) is 72.2 Å². The van der Waals surface area contributed by atoms with Crippen molar-refractivity contribution in [3.05, 3.63) is 23.8 Å². The van der Waals surface area contributed by atoms with Gasteiger partial charge in [-0.15, -0.1) is 0 Å². The summed E-state index contributed by atoms with van der Waals surface area (Å²) in [5.41, 5.74) is -6.16. The first-order valence-corrected chi connectivity index (χ1v) is 29.0. The molecule has 10 rings (SSSR count). The Morgan fingerprint density at radius 1 is 0.634 bits per heavy atom. The number of carbonyl (C=O) groups excluding carboxylic acids is 1. The molecule has 82 heavy (non-hydrogen) atoms. The number of esters is 1. The van der Waals surface area contributed by atoms with Crippen LogP contribution in [0, 0.1) is 50.2 Å². The van der Waals surface area contributed by atoms with Crippen molar-refractivity contribution in [3.8, 4) is 0 Å². The molecule has 25 nitrogen and oxygen atoms in total. The lowest BCUT2D eigenvalue weighted by Gasteiger charge is -2.70. The summed E-state index contributed by atoms with van der Waals surface area (Å²) in [6.45, 7) is 13.6. The number of carboxylic acids is 1. The number of hydrogen-bond acceptors (Lipinski definition) is 24. The highest BCUT2D eigenvalue weighted by molar-refractivity contribution is 5.81. The molecule has 5 aliphatic heterocycles. The second-order valence-electron chi connectivity index (χ2n) is 27.6. The second-order valence-corrected chi connectivity index (χ2v) is 27.6. The van der Waals surface area contributed by atoms with Crippen LogP contribution in [0.2, 0.25) is 0 Å². The summed E-state index contributed by atoms with van der Waals surface area (Å²) in [4.78, 5) is 27.4. The number of carboxylic acid groups (broad SMARTS) is 1. The molecule has 10 aliphatic rings. The van der Waals surface area contributed by atoms with Crippen LogP contribution in [-0.2, 0) is 57.0 Å². The van der Waals surface area contributed by atoms with E-state index in [1.165, 1.54) is 6.92 Å². The van der Waals surface area contributed by atoms with Crippen LogP contribution in [0.25, 0.3) is 0 Å². The molecule has 28 atom stereocenters. The number of allylic oxidation sites excluding steroid dienone is 3. The van der Waals surface area contributed by atoms with E-state index in [4.69, 9.17) is 47.4 Å². The van der Waals surface area contributed by atoms with E-state index in [0.717, 1.165) is 24.8 Å². The summed E-state index contributed by atoms with van der Waals surface area (Å²) in [5, 5.41) is 139. The fourth-order valence-electron chi connectivity index (χ4n) is 16.6. The number of aliphatic carboxylic acids is 1. The fourth-order valence-corrected chi connectivity index (χ4v) is 16.6. The molecule has 0 bridgehead atoms. The Morgan fingerprint density at radius 2 is 1.24 bits per heavy atom. The topological polar surface area (TPSA) is 389 Å². The first-order chi connectivity index (χ1) is 38.3. The molecule has 3 saturated carbocycles. The average Bonchev–Trinajstić information content (AvgIpc) is 1.35. The van der Waals surface area contributed by atoms with E-state index in [-0.39, 0.29) is 34.0 Å². The summed E-state index contributed by atoms with van der Waals surface area (Å²) < 4.78 is 59.9. The molecule has 0 aromatic carbocycles. The Morgan fingerprint density at radius 3 is 1.85 bits per heavy atom. The van der Waals surface area contributed by atoms with E-state index in [1.807, 2.05) is 6.08 Å². The Hall–Kier alpha value is -2.42. The minimum absolute atomic E-state index is 0.103. The van der Waals surface area contributed by atoms with E-state index >= 15 is 4.79 Å². The molecule has 0 aromatic heterocycles. The lowest BCUT2D eigenvalue weighted by atomic mass is 9.34. The molecule has 28 unspecified atom stereocenters. The lowest BCUT2D eigenvalue weighted by molar-refractivity contribution is -0.373. The van der Waals surface area contributed by atoms with Crippen molar-refractivity contribution in [1.29, 1.82) is 0 Å². The normalized spacial score (nSPS) is 53.3. The summed E-state index contributed by atoms with van der Waals surface area (Å²) in [5.74, 6) is -2.23. The van der Waals surface area contributed by atoms with Crippen LogP contribution >= 0.6 is 0 Å². The summed E-state index contributed by atoms with van der Waals surface area (Å²) in [6.07, 6.45) is -19.1. The smallest absolute Gasteiger partial charge is 0.335 e. The monoisotopic (exact) mass is 1170 g/mol. The van der Waals surface area contributed by atoms with Crippen molar-refractivity contribution >= 4 is 11.9 Å². The zero-order valence-electron chi connectivity index (χ0n) is 47.8. The predicted molar refractivity (Wildman–Crippen MR) is 277 cm³/mol. The van der Waals surface area contributed by atoms with Gasteiger partial charge in [0.15, 0.2) is 37.4 Å². The minimum Gasteiger partial charge on any atom is -0.479 e. The molecule has 0 aromatic rings. The molecular weight excluding hydrogens is 1080 g/mol. The van der Waals surface area contributed by atoms with Gasteiger partial charge >= 0.3 is 11.9 Å². The van der Waals surface area contributed by atoms with E-state index in [9.17, 15) is 71.2 Å². The summed E-state index contributed by atoms with van der Waals surface area (Å²) in [7, 11) is 0. The van der Waals surface area contributed by atoms with Crippen LogP contribution in [0.1, 0.15) is 107 Å². The number of rotatable bonds is 13. The zero-order valence-corrected chi connectivity index (χ0v) is 47.8. The molecule has 13 N–H and O–H groups in total. The molecule has 0 radical (unpaired) electrons. The molecule has 25 heteroatoms. The number of fused-ring (bicyclic) bond motifs is 7. The van der Waals surface area contributed by atoms with Crippen LogP contribution in [0.15, 0.2) is 23.8 Å². The summed E-state index contributed by atoms with van der Waals surface area (Å²) >= 11 is 0. The summed E-state index contributed by atoms with van der Waals surface area (Å²) in [6, 6.07) is 0. The molecule has 466 valence electrons. The second kappa shape index (κ2) is 22.0. The molecule has 0 spiro atoms. The molecule has 8 fully saturated rings. The molecule has 0 amide bonds. The quantitative estimate of drug-likeness (QED) is 0.0573. The average molecular weight is 1170 g/mol. The van der Waals surface area contributed by atoms with Crippen LogP contribution in [0.3, 0.4) is 0 Å². The van der Waals surface area contributed by atoms with Gasteiger partial charge < -0.3 is 114 Å². The third-order valence-corrected chi connectivity index (χ3v) is 22.0. The van der Waals surface area contributed by atoms with Gasteiger partial charge in [0.2, 0.25) is 6.29 Å². The maximum Gasteiger partial charge on any atom is 0.335 e. The van der Waals surface area contributed by atoms with Crippen molar-refractivity contribution < 1.29 is 123 Å².